The molecule has 0 unspecified atom stereocenters. The Balaban J connectivity index is 2.29. The number of rotatable bonds is 5. The van der Waals surface area contributed by atoms with Gasteiger partial charge in [0, 0.05) is 11.3 Å². The van der Waals surface area contributed by atoms with E-state index in [4.69, 9.17) is 5.73 Å². The predicted octanol–water partition coefficient (Wildman–Crippen LogP) is 2.69. The lowest BCUT2D eigenvalue weighted by atomic mass is 9.98. The van der Waals surface area contributed by atoms with Gasteiger partial charge in [-0.1, -0.05) is 13.8 Å². The molecule has 0 fully saturated rings. The number of nitrogens with zero attached hydrogens (tertiary/aromatic N) is 3. The van der Waals surface area contributed by atoms with Crippen LogP contribution < -0.4 is 17.0 Å². The van der Waals surface area contributed by atoms with Crippen LogP contribution in [0.15, 0.2) is 38.5 Å². The minimum atomic E-state index is -0.677. The highest BCUT2D eigenvalue weighted by molar-refractivity contribution is 9.10. The van der Waals surface area contributed by atoms with E-state index in [-0.39, 0.29) is 35.2 Å². The number of carbonyl (C=O) groups excluding carboxylic acids is 1. The standard InChI is InChI=1S/C21H22BrN5O3/c1-10(2)17-18(19(28)14-6-11(3)5-12(4)24-14)27(21(30)26-20(17)29)9-13-7-15(22)25-16(23)8-13/h5-8,10H,9H2,1-4H3,(H2,23,25)(H,26,29,30). The van der Waals surface area contributed by atoms with Crippen LogP contribution >= 0.6 is 15.9 Å². The number of hydrogen-bond donors (Lipinski definition) is 2. The number of nitrogen functional groups attached to an aromatic ring is 1. The Morgan fingerprint density at radius 2 is 1.87 bits per heavy atom. The van der Waals surface area contributed by atoms with Gasteiger partial charge in [0.15, 0.2) is 0 Å². The first-order valence-corrected chi connectivity index (χ1v) is 10.1. The van der Waals surface area contributed by atoms with Crippen LogP contribution in [0.3, 0.4) is 0 Å². The van der Waals surface area contributed by atoms with E-state index in [1.165, 1.54) is 4.57 Å². The predicted molar refractivity (Wildman–Crippen MR) is 118 cm³/mol. The summed E-state index contributed by atoms with van der Waals surface area (Å²) in [4.78, 5) is 49.6. The van der Waals surface area contributed by atoms with Crippen molar-refractivity contribution in [3.05, 3.63) is 83.5 Å². The van der Waals surface area contributed by atoms with Gasteiger partial charge in [-0.25, -0.2) is 14.8 Å². The van der Waals surface area contributed by atoms with Gasteiger partial charge in [0.2, 0.25) is 5.78 Å². The van der Waals surface area contributed by atoms with Crippen molar-refractivity contribution in [1.82, 2.24) is 19.5 Å². The van der Waals surface area contributed by atoms with Gasteiger partial charge in [0.05, 0.1) is 6.54 Å². The highest BCUT2D eigenvalue weighted by Crippen LogP contribution is 2.20. The van der Waals surface area contributed by atoms with Crippen molar-refractivity contribution in [2.45, 2.75) is 40.2 Å². The third-order valence-corrected chi connectivity index (χ3v) is 4.98. The molecule has 0 spiro atoms. The molecule has 0 saturated carbocycles. The molecular weight excluding hydrogens is 450 g/mol. The molecule has 0 radical (unpaired) electrons. The zero-order valence-corrected chi connectivity index (χ0v) is 18.7. The molecule has 156 valence electrons. The highest BCUT2D eigenvalue weighted by atomic mass is 79.9. The maximum absolute atomic E-state index is 13.5. The minimum Gasteiger partial charge on any atom is -0.384 e. The Morgan fingerprint density at radius 3 is 2.47 bits per heavy atom. The third kappa shape index (κ3) is 4.40. The molecule has 3 heterocycles. The summed E-state index contributed by atoms with van der Waals surface area (Å²) < 4.78 is 1.77. The van der Waals surface area contributed by atoms with E-state index in [1.807, 2.05) is 13.0 Å². The van der Waals surface area contributed by atoms with Gasteiger partial charge < -0.3 is 5.73 Å². The van der Waals surface area contributed by atoms with E-state index in [0.29, 0.717) is 15.9 Å². The van der Waals surface area contributed by atoms with E-state index in [0.717, 1.165) is 5.56 Å². The fraction of sp³-hybridized carbons (Fsp3) is 0.286. The average molecular weight is 472 g/mol. The Morgan fingerprint density at radius 1 is 1.17 bits per heavy atom. The van der Waals surface area contributed by atoms with Crippen molar-refractivity contribution in [2.75, 3.05) is 5.73 Å². The maximum atomic E-state index is 13.5. The first-order valence-electron chi connectivity index (χ1n) is 9.35. The summed E-state index contributed by atoms with van der Waals surface area (Å²) in [6.45, 7) is 7.27. The lowest BCUT2D eigenvalue weighted by molar-refractivity contribution is 0.102. The number of aromatic nitrogens is 4. The molecule has 0 aliphatic heterocycles. The van der Waals surface area contributed by atoms with E-state index in [2.05, 4.69) is 30.9 Å². The Labute approximate surface area is 181 Å². The number of aryl methyl sites for hydroxylation is 2. The third-order valence-electron chi connectivity index (χ3n) is 4.57. The van der Waals surface area contributed by atoms with Crippen molar-refractivity contribution >= 4 is 27.5 Å². The summed E-state index contributed by atoms with van der Waals surface area (Å²) in [6.07, 6.45) is 0. The number of aromatic amines is 1. The molecule has 9 heteroatoms. The van der Waals surface area contributed by atoms with Gasteiger partial charge in [-0.3, -0.25) is 19.1 Å². The monoisotopic (exact) mass is 471 g/mol. The number of nitrogens with two attached hydrogens (primary N) is 1. The lowest BCUT2D eigenvalue weighted by Crippen LogP contribution is -2.38. The molecule has 3 N–H and O–H groups in total. The van der Waals surface area contributed by atoms with Crippen molar-refractivity contribution in [3.8, 4) is 0 Å². The van der Waals surface area contributed by atoms with Gasteiger partial charge in [-0.15, -0.1) is 0 Å². The quantitative estimate of drug-likeness (QED) is 0.435. The number of anilines is 1. The molecular formula is C21H22BrN5O3. The van der Waals surface area contributed by atoms with Crippen LogP contribution in [0.4, 0.5) is 5.82 Å². The number of carbonyl (C=O) groups is 1. The van der Waals surface area contributed by atoms with Gasteiger partial charge in [0.1, 0.15) is 21.8 Å². The van der Waals surface area contributed by atoms with Gasteiger partial charge in [-0.05, 0) is 71.1 Å². The van der Waals surface area contributed by atoms with Crippen LogP contribution in [-0.4, -0.2) is 25.3 Å². The summed E-state index contributed by atoms with van der Waals surface area (Å²) in [5.41, 5.74) is 7.20. The van der Waals surface area contributed by atoms with Crippen LogP contribution in [0, 0.1) is 13.8 Å². The smallest absolute Gasteiger partial charge is 0.329 e. The maximum Gasteiger partial charge on any atom is 0.329 e. The van der Waals surface area contributed by atoms with Crippen LogP contribution in [-0.2, 0) is 6.54 Å². The lowest BCUT2D eigenvalue weighted by Gasteiger charge is -2.17. The van der Waals surface area contributed by atoms with Gasteiger partial charge >= 0.3 is 5.69 Å². The molecule has 3 aromatic rings. The van der Waals surface area contributed by atoms with Crippen LogP contribution in [0.5, 0.6) is 0 Å². The zero-order valence-electron chi connectivity index (χ0n) is 17.1. The second-order valence-corrected chi connectivity index (χ2v) is 8.30. The van der Waals surface area contributed by atoms with Crippen LogP contribution in [0.2, 0.25) is 0 Å². The van der Waals surface area contributed by atoms with Crippen LogP contribution in [0.1, 0.15) is 58.3 Å². The molecule has 0 atom stereocenters. The van der Waals surface area contributed by atoms with Crippen molar-refractivity contribution in [2.24, 2.45) is 0 Å². The molecule has 8 nitrogen and oxygen atoms in total. The average Bonchev–Trinajstić information content (AvgIpc) is 2.61. The SMILES string of the molecule is Cc1cc(C)nc(C(=O)c2c(C(C)C)c(=O)[nH]c(=O)n2Cc2cc(N)nc(Br)c2)c1. The Hall–Kier alpha value is -3.07. The number of nitrogens with one attached hydrogen (secondary N) is 1. The van der Waals surface area contributed by atoms with Crippen LogP contribution in [0.25, 0.3) is 0 Å². The molecule has 0 aliphatic rings. The largest absolute Gasteiger partial charge is 0.384 e. The Kier molecular flexibility index (Phi) is 6.02. The minimum absolute atomic E-state index is 0.0303. The number of pyridine rings is 2. The van der Waals surface area contributed by atoms with Gasteiger partial charge in [-0.2, -0.15) is 0 Å². The van der Waals surface area contributed by atoms with E-state index >= 15 is 0 Å². The van der Waals surface area contributed by atoms with E-state index < -0.39 is 17.0 Å². The molecule has 0 aliphatic carbocycles. The molecule has 0 bridgehead atoms. The second kappa shape index (κ2) is 8.35. The second-order valence-electron chi connectivity index (χ2n) is 7.49. The summed E-state index contributed by atoms with van der Waals surface area (Å²) >= 11 is 3.28. The summed E-state index contributed by atoms with van der Waals surface area (Å²) in [7, 11) is 0. The zero-order chi connectivity index (χ0) is 22.2. The fourth-order valence-electron chi connectivity index (χ4n) is 3.44. The molecule has 0 amide bonds. The number of hydrogen-bond acceptors (Lipinski definition) is 6. The number of halogens is 1. The molecule has 30 heavy (non-hydrogen) atoms. The van der Waals surface area contributed by atoms with Crippen molar-refractivity contribution in [3.63, 3.8) is 0 Å². The fourth-order valence-corrected chi connectivity index (χ4v) is 3.94. The number of H-pyrrole nitrogens is 1. The summed E-state index contributed by atoms with van der Waals surface area (Å²) in [5, 5.41) is 0. The van der Waals surface area contributed by atoms with Gasteiger partial charge in [0.25, 0.3) is 5.56 Å². The summed E-state index contributed by atoms with van der Waals surface area (Å²) in [5.74, 6) is -0.501. The molecule has 3 aromatic heterocycles. The van der Waals surface area contributed by atoms with E-state index in [1.54, 1.807) is 39.0 Å². The molecule has 0 saturated heterocycles. The Bertz CT molecular complexity index is 1220. The van der Waals surface area contributed by atoms with Crippen molar-refractivity contribution < 1.29 is 4.79 Å². The summed E-state index contributed by atoms with van der Waals surface area (Å²) in [6, 6.07) is 6.81. The molecule has 0 aromatic carbocycles. The topological polar surface area (TPSA) is 124 Å². The first-order chi connectivity index (χ1) is 14.1. The normalized spacial score (nSPS) is 11.1. The first kappa shape index (κ1) is 21.6. The van der Waals surface area contributed by atoms with Crippen molar-refractivity contribution in [1.29, 1.82) is 0 Å². The number of ketones is 1. The molecule has 3 rings (SSSR count). The highest BCUT2D eigenvalue weighted by Gasteiger charge is 2.25. The van der Waals surface area contributed by atoms with E-state index in [9.17, 15) is 14.4 Å².